The van der Waals surface area contributed by atoms with Crippen molar-refractivity contribution >= 4 is 33.4 Å². The zero-order valence-corrected chi connectivity index (χ0v) is 15.4. The summed E-state index contributed by atoms with van der Waals surface area (Å²) in [5, 5.41) is 2.63. The van der Waals surface area contributed by atoms with Crippen molar-refractivity contribution in [3.05, 3.63) is 82.2 Å². The number of primary amides is 1. The van der Waals surface area contributed by atoms with Crippen LogP contribution in [0.5, 0.6) is 11.6 Å². The molecule has 0 aliphatic heterocycles. The molecule has 0 radical (unpaired) electrons. The highest BCUT2D eigenvalue weighted by Gasteiger charge is 2.12. The van der Waals surface area contributed by atoms with Gasteiger partial charge in [-0.3, -0.25) is 9.59 Å². The fraction of sp³-hybridized carbons (Fsp3) is 0. The number of hydrogen-bond donors (Lipinski definition) is 2. The summed E-state index contributed by atoms with van der Waals surface area (Å²) in [6.07, 6.45) is 1.40. The maximum absolute atomic E-state index is 13.3. The van der Waals surface area contributed by atoms with Crippen LogP contribution in [0.2, 0.25) is 0 Å². The molecule has 3 aromatic rings. The van der Waals surface area contributed by atoms with Gasteiger partial charge in [0.2, 0.25) is 11.8 Å². The Hall–Kier alpha value is -3.26. The van der Waals surface area contributed by atoms with Crippen molar-refractivity contribution < 1.29 is 18.7 Å². The summed E-state index contributed by atoms with van der Waals surface area (Å²) in [7, 11) is 0. The van der Waals surface area contributed by atoms with Gasteiger partial charge in [-0.1, -0.05) is 6.07 Å². The molecule has 3 N–H and O–H groups in total. The Kier molecular flexibility index (Phi) is 5.46. The number of aromatic nitrogens is 1. The lowest BCUT2D eigenvalue weighted by molar-refractivity contribution is 0.0997. The van der Waals surface area contributed by atoms with Crippen LogP contribution in [0.25, 0.3) is 0 Å². The van der Waals surface area contributed by atoms with Crippen LogP contribution in [0.3, 0.4) is 0 Å². The molecular weight excluding hydrogens is 417 g/mol. The quantitative estimate of drug-likeness (QED) is 0.637. The van der Waals surface area contributed by atoms with E-state index in [1.54, 1.807) is 30.3 Å². The summed E-state index contributed by atoms with van der Waals surface area (Å²) in [6, 6.07) is 13.4. The zero-order chi connectivity index (χ0) is 19.4. The van der Waals surface area contributed by atoms with Crippen molar-refractivity contribution in [3.63, 3.8) is 0 Å². The van der Waals surface area contributed by atoms with Gasteiger partial charge >= 0.3 is 0 Å². The number of rotatable bonds is 5. The Morgan fingerprint density at radius 2 is 1.93 bits per heavy atom. The Morgan fingerprint density at radius 3 is 2.63 bits per heavy atom. The molecule has 1 heterocycles. The van der Waals surface area contributed by atoms with E-state index in [4.69, 9.17) is 10.5 Å². The smallest absolute Gasteiger partial charge is 0.256 e. The molecular formula is C19H13BrFN3O3. The van der Waals surface area contributed by atoms with E-state index >= 15 is 0 Å². The number of carbonyl (C=O) groups is 2. The fourth-order valence-electron chi connectivity index (χ4n) is 2.22. The van der Waals surface area contributed by atoms with Gasteiger partial charge in [0.05, 0.1) is 17.4 Å². The van der Waals surface area contributed by atoms with Gasteiger partial charge in [-0.05, 0) is 58.4 Å². The first-order valence-corrected chi connectivity index (χ1v) is 8.52. The minimum atomic E-state index is -0.560. The van der Waals surface area contributed by atoms with Crippen LogP contribution in [0.4, 0.5) is 10.1 Å². The minimum absolute atomic E-state index is 0.165. The molecule has 0 atom stereocenters. The van der Waals surface area contributed by atoms with Crippen molar-refractivity contribution in [2.75, 3.05) is 5.32 Å². The highest BCUT2D eigenvalue weighted by Crippen LogP contribution is 2.23. The van der Waals surface area contributed by atoms with E-state index in [2.05, 4.69) is 26.2 Å². The summed E-state index contributed by atoms with van der Waals surface area (Å²) < 4.78 is 19.4. The number of benzene rings is 2. The standard InChI is InChI=1S/C19H13BrFN3O3/c20-16-6-4-12(21)9-15(16)19(26)24-13-5-7-17(23-10-13)27-14-3-1-2-11(8-14)18(22)25/h1-10H,(H2,22,25)(H,24,26). The van der Waals surface area contributed by atoms with Gasteiger partial charge < -0.3 is 15.8 Å². The van der Waals surface area contributed by atoms with E-state index in [-0.39, 0.29) is 11.4 Å². The maximum atomic E-state index is 13.3. The Morgan fingerprint density at radius 1 is 1.11 bits per heavy atom. The van der Waals surface area contributed by atoms with Crippen LogP contribution in [0, 0.1) is 5.82 Å². The first-order valence-electron chi connectivity index (χ1n) is 7.72. The lowest BCUT2D eigenvalue weighted by Crippen LogP contribution is -2.13. The highest BCUT2D eigenvalue weighted by atomic mass is 79.9. The van der Waals surface area contributed by atoms with Crippen LogP contribution in [-0.4, -0.2) is 16.8 Å². The third kappa shape index (κ3) is 4.68. The van der Waals surface area contributed by atoms with Crippen LogP contribution < -0.4 is 15.8 Å². The zero-order valence-electron chi connectivity index (χ0n) is 13.8. The molecule has 0 saturated heterocycles. The Balaban J connectivity index is 1.70. The number of pyridine rings is 1. The monoisotopic (exact) mass is 429 g/mol. The van der Waals surface area contributed by atoms with Crippen LogP contribution >= 0.6 is 15.9 Å². The molecule has 0 saturated carbocycles. The molecule has 8 heteroatoms. The number of nitrogens with one attached hydrogen (secondary N) is 1. The predicted molar refractivity (Wildman–Crippen MR) is 101 cm³/mol. The molecule has 0 unspecified atom stereocenters. The van der Waals surface area contributed by atoms with Gasteiger partial charge in [-0.15, -0.1) is 0 Å². The third-order valence-electron chi connectivity index (χ3n) is 3.51. The van der Waals surface area contributed by atoms with Crippen molar-refractivity contribution in [1.29, 1.82) is 0 Å². The Labute approximate surface area is 162 Å². The first kappa shape index (κ1) is 18.5. The molecule has 0 fully saturated rings. The lowest BCUT2D eigenvalue weighted by Gasteiger charge is -2.09. The van der Waals surface area contributed by atoms with Gasteiger partial charge in [0.15, 0.2) is 0 Å². The van der Waals surface area contributed by atoms with Crippen LogP contribution in [0.15, 0.2) is 65.3 Å². The largest absolute Gasteiger partial charge is 0.439 e. The minimum Gasteiger partial charge on any atom is -0.439 e. The van der Waals surface area contributed by atoms with E-state index in [0.717, 1.165) is 6.07 Å². The van der Waals surface area contributed by atoms with Crippen LogP contribution in [-0.2, 0) is 0 Å². The number of nitrogens with zero attached hydrogens (tertiary/aromatic N) is 1. The average Bonchev–Trinajstić information content (AvgIpc) is 2.65. The molecule has 6 nitrogen and oxygen atoms in total. The summed E-state index contributed by atoms with van der Waals surface area (Å²) in [5.41, 5.74) is 6.13. The van der Waals surface area contributed by atoms with E-state index in [1.165, 1.54) is 24.4 Å². The van der Waals surface area contributed by atoms with Crippen LogP contribution in [0.1, 0.15) is 20.7 Å². The number of halogens is 2. The fourth-order valence-corrected chi connectivity index (χ4v) is 2.64. The van der Waals surface area contributed by atoms with E-state index < -0.39 is 17.6 Å². The molecule has 27 heavy (non-hydrogen) atoms. The summed E-state index contributed by atoms with van der Waals surface area (Å²) in [5.74, 6) is -0.884. The molecule has 0 aliphatic carbocycles. The summed E-state index contributed by atoms with van der Waals surface area (Å²) >= 11 is 3.21. The van der Waals surface area contributed by atoms with Gasteiger partial charge in [0.25, 0.3) is 5.91 Å². The number of carbonyl (C=O) groups excluding carboxylic acids is 2. The topological polar surface area (TPSA) is 94.3 Å². The summed E-state index contributed by atoms with van der Waals surface area (Å²) in [6.45, 7) is 0. The maximum Gasteiger partial charge on any atom is 0.256 e. The SMILES string of the molecule is NC(=O)c1cccc(Oc2ccc(NC(=O)c3cc(F)ccc3Br)cn2)c1. The van der Waals surface area contributed by atoms with Gasteiger partial charge in [-0.2, -0.15) is 0 Å². The number of ether oxygens (including phenoxy) is 1. The molecule has 2 amide bonds. The second-order valence-corrected chi connectivity index (χ2v) is 6.31. The second-order valence-electron chi connectivity index (χ2n) is 5.46. The highest BCUT2D eigenvalue weighted by molar-refractivity contribution is 9.10. The summed E-state index contributed by atoms with van der Waals surface area (Å²) in [4.78, 5) is 27.5. The molecule has 1 aromatic heterocycles. The normalized spacial score (nSPS) is 10.3. The molecule has 3 rings (SSSR count). The molecule has 0 spiro atoms. The van der Waals surface area contributed by atoms with Crippen molar-refractivity contribution in [3.8, 4) is 11.6 Å². The molecule has 0 aliphatic rings. The molecule has 0 bridgehead atoms. The molecule has 136 valence electrons. The third-order valence-corrected chi connectivity index (χ3v) is 4.20. The number of amides is 2. The van der Waals surface area contributed by atoms with E-state index in [0.29, 0.717) is 21.5 Å². The van der Waals surface area contributed by atoms with Crippen molar-refractivity contribution in [2.24, 2.45) is 5.73 Å². The van der Waals surface area contributed by atoms with E-state index in [9.17, 15) is 14.0 Å². The van der Waals surface area contributed by atoms with Gasteiger partial charge in [-0.25, -0.2) is 9.37 Å². The van der Waals surface area contributed by atoms with E-state index in [1.807, 2.05) is 0 Å². The first-order chi connectivity index (χ1) is 12.9. The number of hydrogen-bond acceptors (Lipinski definition) is 4. The predicted octanol–water partition coefficient (Wildman–Crippen LogP) is 4.13. The lowest BCUT2D eigenvalue weighted by atomic mass is 10.2. The number of anilines is 1. The molecule has 2 aromatic carbocycles. The van der Waals surface area contributed by atoms with Crippen molar-refractivity contribution in [2.45, 2.75) is 0 Å². The van der Waals surface area contributed by atoms with Crippen molar-refractivity contribution in [1.82, 2.24) is 4.98 Å². The van der Waals surface area contributed by atoms with Gasteiger partial charge in [0.1, 0.15) is 11.6 Å². The Bertz CT molecular complexity index is 1010. The second kappa shape index (κ2) is 7.96. The van der Waals surface area contributed by atoms with Gasteiger partial charge in [0, 0.05) is 16.1 Å². The average molecular weight is 430 g/mol. The number of nitrogens with two attached hydrogens (primary N) is 1.